The molecule has 0 fully saturated rings. The third-order valence-electron chi connectivity index (χ3n) is 2.89. The summed E-state index contributed by atoms with van der Waals surface area (Å²) in [6.45, 7) is 1.44. The van der Waals surface area contributed by atoms with Gasteiger partial charge in [0.1, 0.15) is 0 Å². The maximum Gasteiger partial charge on any atom is 0.333 e. The van der Waals surface area contributed by atoms with Gasteiger partial charge in [-0.3, -0.25) is 4.79 Å². The van der Waals surface area contributed by atoms with Gasteiger partial charge in [-0.25, -0.2) is 4.79 Å². The molecular formula is C14H13NO4. The summed E-state index contributed by atoms with van der Waals surface area (Å²) in [5, 5.41) is 11.9. The lowest BCUT2D eigenvalue weighted by molar-refractivity contribution is -0.144. The number of hydrogen-bond donors (Lipinski definition) is 2. The van der Waals surface area contributed by atoms with E-state index in [-0.39, 0.29) is 5.76 Å². The highest BCUT2D eigenvalue weighted by Gasteiger charge is 2.37. The molecule has 1 unspecified atom stereocenters. The van der Waals surface area contributed by atoms with Crippen LogP contribution in [0.15, 0.2) is 53.1 Å². The minimum Gasteiger partial charge on any atom is -0.479 e. The monoisotopic (exact) mass is 259 g/mol. The van der Waals surface area contributed by atoms with Gasteiger partial charge in [0.25, 0.3) is 5.91 Å². The molecule has 0 aliphatic rings. The van der Waals surface area contributed by atoms with Gasteiger partial charge >= 0.3 is 5.97 Å². The van der Waals surface area contributed by atoms with Gasteiger partial charge in [0, 0.05) is 0 Å². The third kappa shape index (κ3) is 2.49. The maximum absolute atomic E-state index is 11.9. The van der Waals surface area contributed by atoms with Crippen molar-refractivity contribution in [1.29, 1.82) is 0 Å². The second kappa shape index (κ2) is 4.97. The molecule has 5 heteroatoms. The van der Waals surface area contributed by atoms with Crippen molar-refractivity contribution in [3.63, 3.8) is 0 Å². The molecule has 0 saturated heterocycles. The van der Waals surface area contributed by atoms with Gasteiger partial charge in [0.05, 0.1) is 6.26 Å². The van der Waals surface area contributed by atoms with Crippen molar-refractivity contribution in [3.8, 4) is 0 Å². The summed E-state index contributed by atoms with van der Waals surface area (Å²) >= 11 is 0. The number of rotatable bonds is 4. The van der Waals surface area contributed by atoms with E-state index in [1.54, 1.807) is 36.4 Å². The molecular weight excluding hydrogens is 246 g/mol. The first-order valence-electron chi connectivity index (χ1n) is 5.69. The van der Waals surface area contributed by atoms with E-state index in [0.717, 1.165) is 0 Å². The van der Waals surface area contributed by atoms with Crippen molar-refractivity contribution < 1.29 is 19.1 Å². The molecule has 0 saturated carbocycles. The lowest BCUT2D eigenvalue weighted by Gasteiger charge is -2.26. The topological polar surface area (TPSA) is 79.5 Å². The first kappa shape index (κ1) is 12.9. The third-order valence-corrected chi connectivity index (χ3v) is 2.89. The number of nitrogens with one attached hydrogen (secondary N) is 1. The van der Waals surface area contributed by atoms with Crippen LogP contribution in [-0.2, 0) is 10.3 Å². The highest BCUT2D eigenvalue weighted by atomic mass is 16.4. The van der Waals surface area contributed by atoms with Gasteiger partial charge < -0.3 is 14.8 Å². The van der Waals surface area contributed by atoms with Gasteiger partial charge in [-0.1, -0.05) is 30.3 Å². The minimum absolute atomic E-state index is 0.0726. The van der Waals surface area contributed by atoms with Crippen LogP contribution in [0.3, 0.4) is 0 Å². The van der Waals surface area contributed by atoms with E-state index in [1.165, 1.54) is 19.3 Å². The molecule has 2 rings (SSSR count). The molecule has 1 aromatic carbocycles. The zero-order valence-electron chi connectivity index (χ0n) is 10.3. The second-order valence-corrected chi connectivity index (χ2v) is 4.23. The molecule has 1 heterocycles. The molecule has 0 aliphatic carbocycles. The average Bonchev–Trinajstić information content (AvgIpc) is 2.93. The Morgan fingerprint density at radius 3 is 2.37 bits per heavy atom. The van der Waals surface area contributed by atoms with E-state index < -0.39 is 17.4 Å². The highest BCUT2D eigenvalue weighted by molar-refractivity contribution is 5.96. The van der Waals surface area contributed by atoms with Crippen molar-refractivity contribution in [3.05, 3.63) is 60.1 Å². The maximum atomic E-state index is 11.9. The van der Waals surface area contributed by atoms with Gasteiger partial charge in [-0.2, -0.15) is 0 Å². The van der Waals surface area contributed by atoms with Crippen LogP contribution >= 0.6 is 0 Å². The van der Waals surface area contributed by atoms with Crippen molar-refractivity contribution in [1.82, 2.24) is 5.32 Å². The molecule has 19 heavy (non-hydrogen) atoms. The van der Waals surface area contributed by atoms with Crippen LogP contribution in [0.4, 0.5) is 0 Å². The normalized spacial score (nSPS) is 13.5. The summed E-state index contributed by atoms with van der Waals surface area (Å²) in [5.41, 5.74) is -1.02. The second-order valence-electron chi connectivity index (χ2n) is 4.23. The number of amides is 1. The van der Waals surface area contributed by atoms with Crippen molar-refractivity contribution in [2.75, 3.05) is 0 Å². The van der Waals surface area contributed by atoms with Crippen LogP contribution in [-0.4, -0.2) is 17.0 Å². The molecule has 1 aromatic heterocycles. The molecule has 0 aliphatic heterocycles. The molecule has 2 aromatic rings. The Bertz CT molecular complexity index is 577. The standard InChI is InChI=1S/C14H13NO4/c1-14(13(17)18,10-6-3-2-4-7-10)15-12(16)11-8-5-9-19-11/h2-9H,1H3,(H,15,16)(H,17,18). The number of carbonyl (C=O) groups excluding carboxylic acids is 1. The summed E-state index contributed by atoms with van der Waals surface area (Å²) in [5.74, 6) is -1.64. The van der Waals surface area contributed by atoms with E-state index >= 15 is 0 Å². The molecule has 0 radical (unpaired) electrons. The number of aliphatic carboxylic acids is 1. The van der Waals surface area contributed by atoms with Crippen LogP contribution in [0.1, 0.15) is 23.0 Å². The fourth-order valence-electron chi connectivity index (χ4n) is 1.72. The summed E-state index contributed by atoms with van der Waals surface area (Å²) in [6.07, 6.45) is 1.36. The van der Waals surface area contributed by atoms with E-state index in [0.29, 0.717) is 5.56 Å². The number of benzene rings is 1. The summed E-state index contributed by atoms with van der Waals surface area (Å²) < 4.78 is 4.95. The van der Waals surface area contributed by atoms with Crippen LogP contribution in [0.5, 0.6) is 0 Å². The van der Waals surface area contributed by atoms with Crippen molar-refractivity contribution in [2.45, 2.75) is 12.5 Å². The predicted octanol–water partition coefficient (Wildman–Crippen LogP) is 2.01. The number of carbonyl (C=O) groups is 2. The average molecular weight is 259 g/mol. The van der Waals surface area contributed by atoms with E-state index in [9.17, 15) is 14.7 Å². The Morgan fingerprint density at radius 2 is 1.84 bits per heavy atom. The molecule has 5 nitrogen and oxygen atoms in total. The number of hydrogen-bond acceptors (Lipinski definition) is 3. The first-order valence-corrected chi connectivity index (χ1v) is 5.69. The number of furan rings is 1. The summed E-state index contributed by atoms with van der Waals surface area (Å²) in [6, 6.07) is 11.6. The Balaban J connectivity index is 2.31. The summed E-state index contributed by atoms with van der Waals surface area (Å²) in [7, 11) is 0. The smallest absolute Gasteiger partial charge is 0.333 e. The molecule has 98 valence electrons. The Morgan fingerprint density at radius 1 is 1.16 bits per heavy atom. The van der Waals surface area contributed by atoms with Gasteiger partial charge in [-0.15, -0.1) is 0 Å². The fourth-order valence-corrected chi connectivity index (χ4v) is 1.72. The van der Waals surface area contributed by atoms with Crippen LogP contribution in [0.25, 0.3) is 0 Å². The molecule has 1 atom stereocenters. The first-order chi connectivity index (χ1) is 9.04. The zero-order chi connectivity index (χ0) is 13.9. The van der Waals surface area contributed by atoms with Crippen LogP contribution in [0.2, 0.25) is 0 Å². The van der Waals surface area contributed by atoms with Crippen molar-refractivity contribution in [2.24, 2.45) is 0 Å². The highest BCUT2D eigenvalue weighted by Crippen LogP contribution is 2.21. The molecule has 0 spiro atoms. The quantitative estimate of drug-likeness (QED) is 0.880. The lowest BCUT2D eigenvalue weighted by atomic mass is 9.92. The molecule has 2 N–H and O–H groups in total. The largest absolute Gasteiger partial charge is 0.479 e. The van der Waals surface area contributed by atoms with Crippen LogP contribution in [0, 0.1) is 0 Å². The van der Waals surface area contributed by atoms with Gasteiger partial charge in [0.15, 0.2) is 11.3 Å². The van der Waals surface area contributed by atoms with Gasteiger partial charge in [-0.05, 0) is 24.6 Å². The van der Waals surface area contributed by atoms with E-state index in [4.69, 9.17) is 4.42 Å². The van der Waals surface area contributed by atoms with Crippen molar-refractivity contribution >= 4 is 11.9 Å². The predicted molar refractivity (Wildman–Crippen MR) is 67.6 cm³/mol. The van der Waals surface area contributed by atoms with E-state index in [2.05, 4.69) is 5.32 Å². The number of carboxylic acid groups (broad SMARTS) is 1. The Hall–Kier alpha value is -2.56. The zero-order valence-corrected chi connectivity index (χ0v) is 10.3. The van der Waals surface area contributed by atoms with E-state index in [1.807, 2.05) is 0 Å². The SMILES string of the molecule is CC(NC(=O)c1ccco1)(C(=O)O)c1ccccc1. The van der Waals surface area contributed by atoms with Crippen LogP contribution < -0.4 is 5.32 Å². The lowest BCUT2D eigenvalue weighted by Crippen LogP contribution is -2.49. The minimum atomic E-state index is -1.51. The fraction of sp³-hybridized carbons (Fsp3) is 0.143. The van der Waals surface area contributed by atoms with Gasteiger partial charge in [0.2, 0.25) is 0 Å². The molecule has 0 bridgehead atoms. The Labute approximate surface area is 109 Å². The summed E-state index contributed by atoms with van der Waals surface area (Å²) in [4.78, 5) is 23.4. The molecule has 1 amide bonds. The number of carboxylic acids is 1. The Kier molecular flexibility index (Phi) is 3.37.